The quantitative estimate of drug-likeness (QED) is 0.682. The van der Waals surface area contributed by atoms with E-state index in [-0.39, 0.29) is 11.1 Å². The van der Waals surface area contributed by atoms with Gasteiger partial charge < -0.3 is 16.2 Å². The number of carboxylic acids is 1. The molecule has 1 aromatic rings. The van der Waals surface area contributed by atoms with Gasteiger partial charge in [0, 0.05) is 0 Å². The highest BCUT2D eigenvalue weighted by Crippen LogP contribution is 2.08. The molecular formula is C11H12N2O4. The summed E-state index contributed by atoms with van der Waals surface area (Å²) in [6, 6.07) is 4.87. The van der Waals surface area contributed by atoms with Gasteiger partial charge in [0.2, 0.25) is 5.91 Å². The number of hydrogen-bond acceptors (Lipinski definition) is 3. The Bertz CT molecular complexity index is 470. The summed E-state index contributed by atoms with van der Waals surface area (Å²) in [5.74, 6) is -2.54. The van der Waals surface area contributed by atoms with Crippen molar-refractivity contribution in [2.24, 2.45) is 5.73 Å². The number of carboxylic acid groups (broad SMARTS) is 1. The second kappa shape index (κ2) is 5.11. The molecule has 6 heteroatoms. The van der Waals surface area contributed by atoms with Crippen molar-refractivity contribution in [3.63, 3.8) is 0 Å². The number of nitrogens with two attached hydrogens (primary N) is 1. The Morgan fingerprint density at radius 3 is 2.24 bits per heavy atom. The molecule has 0 spiro atoms. The molecule has 0 aromatic heterocycles. The van der Waals surface area contributed by atoms with Gasteiger partial charge in [0.1, 0.15) is 6.04 Å². The van der Waals surface area contributed by atoms with Crippen LogP contribution in [0.4, 0.5) is 0 Å². The van der Waals surface area contributed by atoms with Crippen molar-refractivity contribution in [3.05, 3.63) is 35.4 Å². The molecule has 17 heavy (non-hydrogen) atoms. The molecule has 0 saturated carbocycles. The van der Waals surface area contributed by atoms with Crippen LogP contribution in [0.5, 0.6) is 0 Å². The van der Waals surface area contributed by atoms with Gasteiger partial charge >= 0.3 is 5.97 Å². The van der Waals surface area contributed by atoms with E-state index in [1.165, 1.54) is 31.2 Å². The van der Waals surface area contributed by atoms with Crippen LogP contribution in [0.15, 0.2) is 24.3 Å². The minimum Gasteiger partial charge on any atom is -0.478 e. The van der Waals surface area contributed by atoms with Crippen molar-refractivity contribution in [3.8, 4) is 0 Å². The second-order valence-electron chi connectivity index (χ2n) is 3.45. The van der Waals surface area contributed by atoms with Gasteiger partial charge in [-0.2, -0.15) is 0 Å². The second-order valence-corrected chi connectivity index (χ2v) is 3.45. The molecule has 90 valence electrons. The molecule has 1 atom stereocenters. The van der Waals surface area contributed by atoms with Gasteiger partial charge in [-0.1, -0.05) is 12.1 Å². The summed E-state index contributed by atoms with van der Waals surface area (Å²) in [4.78, 5) is 33.4. The number of carbonyl (C=O) groups excluding carboxylic acids is 2. The van der Waals surface area contributed by atoms with E-state index in [9.17, 15) is 14.4 Å². The molecule has 0 aliphatic heterocycles. The molecule has 0 radical (unpaired) electrons. The van der Waals surface area contributed by atoms with E-state index in [0.717, 1.165) is 0 Å². The van der Waals surface area contributed by atoms with Crippen LogP contribution in [0, 0.1) is 0 Å². The van der Waals surface area contributed by atoms with Crippen molar-refractivity contribution < 1.29 is 19.5 Å². The predicted molar refractivity (Wildman–Crippen MR) is 59.5 cm³/mol. The Kier molecular flexibility index (Phi) is 3.82. The van der Waals surface area contributed by atoms with Crippen LogP contribution in [0.2, 0.25) is 0 Å². The monoisotopic (exact) mass is 236 g/mol. The summed E-state index contributed by atoms with van der Waals surface area (Å²) in [5, 5.41) is 11.2. The Labute approximate surface area is 97.4 Å². The summed E-state index contributed by atoms with van der Waals surface area (Å²) >= 11 is 0. The van der Waals surface area contributed by atoms with Crippen LogP contribution >= 0.6 is 0 Å². The molecule has 1 aromatic carbocycles. The van der Waals surface area contributed by atoms with E-state index in [1.807, 2.05) is 0 Å². The largest absolute Gasteiger partial charge is 0.478 e. The first-order valence-corrected chi connectivity index (χ1v) is 4.86. The number of primary amides is 1. The number of carbonyl (C=O) groups is 3. The van der Waals surface area contributed by atoms with E-state index >= 15 is 0 Å². The number of rotatable bonds is 4. The van der Waals surface area contributed by atoms with Gasteiger partial charge in [-0.25, -0.2) is 4.79 Å². The first-order chi connectivity index (χ1) is 7.93. The van der Waals surface area contributed by atoms with Crippen LogP contribution < -0.4 is 11.1 Å². The smallest absolute Gasteiger partial charge is 0.336 e. The molecule has 0 fully saturated rings. The van der Waals surface area contributed by atoms with E-state index in [0.29, 0.717) is 0 Å². The lowest BCUT2D eigenvalue weighted by atomic mass is 10.1. The van der Waals surface area contributed by atoms with E-state index in [2.05, 4.69) is 5.32 Å². The molecule has 1 unspecified atom stereocenters. The van der Waals surface area contributed by atoms with E-state index < -0.39 is 23.8 Å². The van der Waals surface area contributed by atoms with Crippen molar-refractivity contribution in [1.29, 1.82) is 0 Å². The molecule has 4 N–H and O–H groups in total. The average Bonchev–Trinajstić information content (AvgIpc) is 2.28. The van der Waals surface area contributed by atoms with Crippen LogP contribution in [0.25, 0.3) is 0 Å². The molecule has 0 heterocycles. The Morgan fingerprint density at radius 1 is 1.24 bits per heavy atom. The Morgan fingerprint density at radius 2 is 1.76 bits per heavy atom. The lowest BCUT2D eigenvalue weighted by Gasteiger charge is -2.11. The van der Waals surface area contributed by atoms with Gasteiger partial charge in [-0.05, 0) is 19.1 Å². The maximum Gasteiger partial charge on any atom is 0.336 e. The third-order valence-electron chi connectivity index (χ3n) is 2.18. The molecule has 0 aliphatic carbocycles. The lowest BCUT2D eigenvalue weighted by Crippen LogP contribution is -2.42. The Balaban J connectivity index is 2.97. The zero-order valence-corrected chi connectivity index (χ0v) is 9.14. The third kappa shape index (κ3) is 3.04. The van der Waals surface area contributed by atoms with Crippen molar-refractivity contribution >= 4 is 17.8 Å². The summed E-state index contributed by atoms with van der Waals surface area (Å²) in [5.41, 5.74) is 4.86. The number of aromatic carboxylic acids is 1. The van der Waals surface area contributed by atoms with Gasteiger partial charge in [0.15, 0.2) is 0 Å². The average molecular weight is 236 g/mol. The summed E-state index contributed by atoms with van der Waals surface area (Å²) in [6.07, 6.45) is 0. The highest BCUT2D eigenvalue weighted by molar-refractivity contribution is 6.05. The van der Waals surface area contributed by atoms with Crippen molar-refractivity contribution in [2.75, 3.05) is 0 Å². The topological polar surface area (TPSA) is 109 Å². The minimum absolute atomic E-state index is 0.00639. The van der Waals surface area contributed by atoms with Gasteiger partial charge in [-0.3, -0.25) is 9.59 Å². The molecule has 1 rings (SSSR count). The maximum atomic E-state index is 11.7. The van der Waals surface area contributed by atoms with Crippen molar-refractivity contribution in [2.45, 2.75) is 13.0 Å². The van der Waals surface area contributed by atoms with Gasteiger partial charge in [0.25, 0.3) is 5.91 Å². The Hall–Kier alpha value is -2.37. The number of hydrogen-bond donors (Lipinski definition) is 3. The predicted octanol–water partition coefficient (Wildman–Crippen LogP) is -0.0116. The first-order valence-electron chi connectivity index (χ1n) is 4.86. The van der Waals surface area contributed by atoms with Gasteiger partial charge in [-0.15, -0.1) is 0 Å². The summed E-state index contributed by atoms with van der Waals surface area (Å²) < 4.78 is 0. The minimum atomic E-state index is -1.21. The molecular weight excluding hydrogens is 224 g/mol. The van der Waals surface area contributed by atoms with Crippen LogP contribution in [-0.4, -0.2) is 28.9 Å². The highest BCUT2D eigenvalue weighted by Gasteiger charge is 2.18. The molecule has 0 saturated heterocycles. The molecule has 0 aliphatic rings. The SMILES string of the molecule is CC(NC(=O)c1ccccc1C(=O)O)C(N)=O. The number of benzene rings is 1. The summed E-state index contributed by atoms with van der Waals surface area (Å²) in [7, 11) is 0. The number of amides is 2. The van der Waals surface area contributed by atoms with Crippen molar-refractivity contribution in [1.82, 2.24) is 5.32 Å². The standard InChI is InChI=1S/C11H12N2O4/c1-6(9(12)14)13-10(15)7-4-2-3-5-8(7)11(16)17/h2-6H,1H3,(H2,12,14)(H,13,15)(H,16,17). The fraction of sp³-hybridized carbons (Fsp3) is 0.182. The zero-order chi connectivity index (χ0) is 13.0. The molecule has 0 bridgehead atoms. The fourth-order valence-corrected chi connectivity index (χ4v) is 1.21. The normalized spacial score (nSPS) is 11.6. The van der Waals surface area contributed by atoms with Crippen LogP contribution in [-0.2, 0) is 4.79 Å². The lowest BCUT2D eigenvalue weighted by molar-refractivity contribution is -0.119. The molecule has 6 nitrogen and oxygen atoms in total. The van der Waals surface area contributed by atoms with Gasteiger partial charge in [0.05, 0.1) is 11.1 Å². The zero-order valence-electron chi connectivity index (χ0n) is 9.14. The number of nitrogens with one attached hydrogen (secondary N) is 1. The summed E-state index contributed by atoms with van der Waals surface area (Å²) in [6.45, 7) is 1.42. The maximum absolute atomic E-state index is 11.7. The first kappa shape index (κ1) is 12.7. The van der Waals surface area contributed by atoms with E-state index in [1.54, 1.807) is 0 Å². The third-order valence-corrected chi connectivity index (χ3v) is 2.18. The fourth-order valence-electron chi connectivity index (χ4n) is 1.21. The highest BCUT2D eigenvalue weighted by atomic mass is 16.4. The van der Waals surface area contributed by atoms with Crippen LogP contribution in [0.3, 0.4) is 0 Å². The molecule has 2 amide bonds. The van der Waals surface area contributed by atoms with Crippen LogP contribution in [0.1, 0.15) is 27.6 Å². The van der Waals surface area contributed by atoms with E-state index in [4.69, 9.17) is 10.8 Å².